The molecular weight excluding hydrogens is 424 g/mol. The first-order valence-electron chi connectivity index (χ1n) is 9.11. The van der Waals surface area contributed by atoms with Gasteiger partial charge in [-0.1, -0.05) is 18.2 Å². The van der Waals surface area contributed by atoms with Crippen LogP contribution >= 0.6 is 22.7 Å². The summed E-state index contributed by atoms with van der Waals surface area (Å²) in [4.78, 5) is 27.1. The smallest absolute Gasteiger partial charge is 0.342 e. The van der Waals surface area contributed by atoms with Gasteiger partial charge in [0.05, 0.1) is 16.6 Å². The first-order valence-corrected chi connectivity index (χ1v) is 10.9. The van der Waals surface area contributed by atoms with E-state index in [0.29, 0.717) is 12.0 Å². The topological polar surface area (TPSA) is 99.4 Å². The number of thiophene rings is 2. The number of carbonyl (C=O) groups excluding carboxylic acids is 2. The molecule has 0 aliphatic carbocycles. The fourth-order valence-electron chi connectivity index (χ4n) is 3.15. The number of hydrazone groups is 1. The number of ether oxygens (including phenoxy) is 1. The minimum Gasteiger partial charge on any atom is -0.504 e. The lowest BCUT2D eigenvalue weighted by Crippen LogP contribution is -2.31. The highest BCUT2D eigenvalue weighted by Gasteiger charge is 2.34. The van der Waals surface area contributed by atoms with Crippen LogP contribution in [0.2, 0.25) is 0 Å². The van der Waals surface area contributed by atoms with Crippen molar-refractivity contribution in [1.29, 1.82) is 0 Å². The highest BCUT2D eigenvalue weighted by atomic mass is 32.1. The lowest BCUT2D eigenvalue weighted by molar-refractivity contribution is -0.136. The molecule has 9 heteroatoms. The van der Waals surface area contributed by atoms with Crippen LogP contribution in [0.1, 0.15) is 38.1 Å². The molecule has 0 spiro atoms. The molecule has 154 valence electrons. The van der Waals surface area contributed by atoms with E-state index in [1.807, 2.05) is 35.0 Å². The molecule has 7 nitrogen and oxygen atoms in total. The Bertz CT molecular complexity index is 1110. The Morgan fingerprint density at radius 1 is 1.13 bits per heavy atom. The Kier molecular flexibility index (Phi) is 5.56. The van der Waals surface area contributed by atoms with Crippen molar-refractivity contribution in [1.82, 2.24) is 5.01 Å². The van der Waals surface area contributed by atoms with Gasteiger partial charge >= 0.3 is 5.97 Å². The van der Waals surface area contributed by atoms with E-state index in [9.17, 15) is 19.8 Å². The molecule has 3 aromatic rings. The zero-order chi connectivity index (χ0) is 21.3. The van der Waals surface area contributed by atoms with E-state index < -0.39 is 30.0 Å². The predicted molar refractivity (Wildman–Crippen MR) is 114 cm³/mol. The average molecular weight is 443 g/mol. The zero-order valence-electron chi connectivity index (χ0n) is 15.9. The van der Waals surface area contributed by atoms with Crippen molar-refractivity contribution >= 4 is 40.3 Å². The van der Waals surface area contributed by atoms with Crippen molar-refractivity contribution in [3.63, 3.8) is 0 Å². The number of nitrogens with zero attached hydrogens (tertiary/aromatic N) is 2. The summed E-state index contributed by atoms with van der Waals surface area (Å²) in [7, 11) is 0. The van der Waals surface area contributed by atoms with Gasteiger partial charge in [0.1, 0.15) is 5.56 Å². The van der Waals surface area contributed by atoms with Gasteiger partial charge in [-0.05, 0) is 41.4 Å². The number of phenolic OH excluding ortho intramolecular Hbond substituents is 2. The van der Waals surface area contributed by atoms with E-state index in [-0.39, 0.29) is 11.6 Å². The minimum absolute atomic E-state index is 0.204. The van der Waals surface area contributed by atoms with Crippen LogP contribution in [0.5, 0.6) is 11.5 Å². The number of aryl methyl sites for hydroxylation is 1. The molecule has 1 aliphatic rings. The second-order valence-electron chi connectivity index (χ2n) is 6.70. The van der Waals surface area contributed by atoms with Gasteiger partial charge in [0, 0.05) is 11.3 Å². The second-order valence-corrected chi connectivity index (χ2v) is 8.63. The van der Waals surface area contributed by atoms with Gasteiger partial charge in [-0.3, -0.25) is 4.79 Å². The number of aromatic hydroxyl groups is 2. The number of rotatable bonds is 5. The monoisotopic (exact) mass is 442 g/mol. The SMILES string of the molecule is Cc1ccc(C(=O)OCC(=O)N2N=C(c3cccs3)CC2c2cccs2)c(O)c1O. The summed E-state index contributed by atoms with van der Waals surface area (Å²) in [6, 6.07) is 10.3. The number of hydrogen-bond acceptors (Lipinski definition) is 8. The molecule has 3 heterocycles. The summed E-state index contributed by atoms with van der Waals surface area (Å²) in [5, 5.41) is 29.5. The molecular formula is C21H18N2O5S2. The van der Waals surface area contributed by atoms with Gasteiger partial charge in [0.2, 0.25) is 0 Å². The molecule has 2 N–H and O–H groups in total. The third kappa shape index (κ3) is 3.81. The van der Waals surface area contributed by atoms with E-state index in [1.54, 1.807) is 18.3 Å². The molecule has 4 rings (SSSR count). The normalized spacial score (nSPS) is 15.8. The summed E-state index contributed by atoms with van der Waals surface area (Å²) >= 11 is 3.08. The second kappa shape index (κ2) is 8.29. The molecule has 1 aliphatic heterocycles. The van der Waals surface area contributed by atoms with Gasteiger partial charge in [0.15, 0.2) is 18.1 Å². The zero-order valence-corrected chi connectivity index (χ0v) is 17.6. The molecule has 1 amide bonds. The molecule has 0 radical (unpaired) electrons. The van der Waals surface area contributed by atoms with Crippen LogP contribution in [-0.4, -0.2) is 39.4 Å². The minimum atomic E-state index is -0.898. The molecule has 1 unspecified atom stereocenters. The molecule has 30 heavy (non-hydrogen) atoms. The maximum absolute atomic E-state index is 12.8. The van der Waals surface area contributed by atoms with Gasteiger partial charge in [0.25, 0.3) is 5.91 Å². The third-order valence-corrected chi connectivity index (χ3v) is 6.64. The Hall–Kier alpha value is -3.17. The Morgan fingerprint density at radius 3 is 2.60 bits per heavy atom. The van der Waals surface area contributed by atoms with Crippen molar-refractivity contribution < 1.29 is 24.5 Å². The first-order chi connectivity index (χ1) is 14.5. The van der Waals surface area contributed by atoms with Crippen molar-refractivity contribution in [3.8, 4) is 11.5 Å². The van der Waals surface area contributed by atoms with Crippen LogP contribution in [0.25, 0.3) is 0 Å². The highest BCUT2D eigenvalue weighted by molar-refractivity contribution is 7.12. The molecule has 1 atom stereocenters. The first kappa shape index (κ1) is 20.1. The number of amides is 1. The Balaban J connectivity index is 1.50. The summed E-state index contributed by atoms with van der Waals surface area (Å²) < 4.78 is 5.11. The van der Waals surface area contributed by atoms with E-state index >= 15 is 0 Å². The van der Waals surface area contributed by atoms with Crippen LogP contribution in [0.3, 0.4) is 0 Å². The van der Waals surface area contributed by atoms with Gasteiger partial charge in [-0.25, -0.2) is 9.80 Å². The van der Waals surface area contributed by atoms with Crippen molar-refractivity contribution in [2.45, 2.75) is 19.4 Å². The Morgan fingerprint density at radius 2 is 1.90 bits per heavy atom. The largest absolute Gasteiger partial charge is 0.504 e. The number of phenols is 2. The summed E-state index contributed by atoms with van der Waals surface area (Å²) in [5.41, 5.74) is 1.03. The Labute approximate surface area is 180 Å². The van der Waals surface area contributed by atoms with Gasteiger partial charge in [-0.2, -0.15) is 5.10 Å². The summed E-state index contributed by atoms with van der Waals surface area (Å²) in [5.74, 6) is -2.32. The maximum Gasteiger partial charge on any atom is 0.342 e. The van der Waals surface area contributed by atoms with Crippen molar-refractivity contribution in [3.05, 3.63) is 68.0 Å². The van der Waals surface area contributed by atoms with E-state index in [2.05, 4.69) is 5.10 Å². The van der Waals surface area contributed by atoms with E-state index in [1.165, 1.54) is 28.5 Å². The van der Waals surface area contributed by atoms with Crippen molar-refractivity contribution in [2.75, 3.05) is 6.61 Å². The number of hydrogen-bond donors (Lipinski definition) is 2. The van der Waals surface area contributed by atoms with E-state index in [0.717, 1.165) is 15.5 Å². The van der Waals surface area contributed by atoms with E-state index in [4.69, 9.17) is 4.74 Å². The standard InChI is InChI=1S/C21H18N2O5S2/c1-12-6-7-13(20(26)19(12)25)21(27)28-11-18(24)23-15(17-5-3-9-30-17)10-14(22-23)16-4-2-8-29-16/h2-9,15,25-26H,10-11H2,1H3. The van der Waals surface area contributed by atoms with Crippen molar-refractivity contribution in [2.24, 2.45) is 5.10 Å². The van der Waals surface area contributed by atoms with Gasteiger partial charge in [-0.15, -0.1) is 22.7 Å². The summed E-state index contributed by atoms with van der Waals surface area (Å²) in [6.07, 6.45) is 0.577. The maximum atomic E-state index is 12.8. The molecule has 1 aromatic carbocycles. The molecule has 0 fully saturated rings. The lowest BCUT2D eigenvalue weighted by Gasteiger charge is -2.20. The predicted octanol–water partition coefficient (Wildman–Crippen LogP) is 4.06. The fourth-order valence-corrected chi connectivity index (χ4v) is 4.68. The molecule has 0 saturated carbocycles. The average Bonchev–Trinajstić information content (AvgIpc) is 3.49. The molecule has 2 aromatic heterocycles. The van der Waals surface area contributed by atoms with Crippen LogP contribution in [-0.2, 0) is 9.53 Å². The fraction of sp³-hybridized carbons (Fsp3) is 0.190. The van der Waals surface area contributed by atoms with Gasteiger partial charge < -0.3 is 14.9 Å². The lowest BCUT2D eigenvalue weighted by atomic mass is 10.1. The number of carbonyl (C=O) groups is 2. The number of esters is 1. The molecule has 0 saturated heterocycles. The highest BCUT2D eigenvalue weighted by Crippen LogP contribution is 2.36. The number of benzene rings is 1. The van der Waals surface area contributed by atoms with Crippen LogP contribution in [0.4, 0.5) is 0 Å². The summed E-state index contributed by atoms with van der Waals surface area (Å²) in [6.45, 7) is 1.06. The quantitative estimate of drug-likeness (QED) is 0.458. The third-order valence-electron chi connectivity index (χ3n) is 4.74. The van der Waals surface area contributed by atoms with Crippen LogP contribution in [0, 0.1) is 6.92 Å². The van der Waals surface area contributed by atoms with Crippen LogP contribution in [0.15, 0.2) is 52.3 Å². The van der Waals surface area contributed by atoms with Crippen LogP contribution < -0.4 is 0 Å². The molecule has 0 bridgehead atoms.